The van der Waals surface area contributed by atoms with Gasteiger partial charge in [-0.15, -0.1) is 0 Å². The zero-order valence-electron chi connectivity index (χ0n) is 16.2. The van der Waals surface area contributed by atoms with Crippen molar-refractivity contribution < 1.29 is 26.4 Å². The first-order valence-corrected chi connectivity index (χ1v) is 10.7. The lowest BCUT2D eigenvalue weighted by atomic mass is 10.0. The first-order chi connectivity index (χ1) is 14.7. The number of carbonyl (C=O) groups excluding carboxylic acids is 1. The van der Waals surface area contributed by atoms with Crippen molar-refractivity contribution in [1.82, 2.24) is 10.0 Å². The van der Waals surface area contributed by atoms with Gasteiger partial charge in [0.2, 0.25) is 15.9 Å². The Morgan fingerprint density at radius 1 is 0.871 bits per heavy atom. The molecule has 0 unspecified atom stereocenters. The molecule has 0 aliphatic carbocycles. The Hall–Kier alpha value is -3.17. The van der Waals surface area contributed by atoms with E-state index in [9.17, 15) is 26.4 Å². The molecule has 3 rings (SSSR count). The number of hydrogen-bond donors (Lipinski definition) is 2. The Bertz CT molecular complexity index is 1160. The van der Waals surface area contributed by atoms with Crippen molar-refractivity contribution in [3.63, 3.8) is 0 Å². The third-order valence-corrected chi connectivity index (χ3v) is 5.89. The maximum Gasteiger partial charge on any atom is 0.416 e. The summed E-state index contributed by atoms with van der Waals surface area (Å²) in [5.41, 5.74) is 0.175. The van der Waals surface area contributed by atoms with E-state index in [4.69, 9.17) is 0 Å². The second kappa shape index (κ2) is 9.32. The van der Waals surface area contributed by atoms with E-state index >= 15 is 0 Å². The fourth-order valence-electron chi connectivity index (χ4n) is 2.90. The Kier molecular flexibility index (Phi) is 6.77. The van der Waals surface area contributed by atoms with E-state index in [0.717, 1.165) is 17.7 Å². The van der Waals surface area contributed by atoms with E-state index < -0.39 is 34.2 Å². The van der Waals surface area contributed by atoms with Crippen LogP contribution < -0.4 is 10.0 Å². The fraction of sp³-hybridized carbons (Fsp3) is 0.136. The van der Waals surface area contributed by atoms with Gasteiger partial charge in [-0.3, -0.25) is 4.79 Å². The first-order valence-electron chi connectivity index (χ1n) is 9.24. The van der Waals surface area contributed by atoms with Crippen LogP contribution >= 0.6 is 0 Å². The molecule has 5 nitrogen and oxygen atoms in total. The van der Waals surface area contributed by atoms with Crippen molar-refractivity contribution >= 4 is 15.9 Å². The minimum atomic E-state index is -4.56. The predicted molar refractivity (Wildman–Crippen MR) is 110 cm³/mol. The highest BCUT2D eigenvalue weighted by Crippen LogP contribution is 2.34. The zero-order chi connectivity index (χ0) is 22.5. The van der Waals surface area contributed by atoms with Crippen molar-refractivity contribution in [1.29, 1.82) is 0 Å². The molecule has 0 saturated carbocycles. The molecular formula is C22H19F3N2O3S. The molecule has 0 aliphatic heterocycles. The van der Waals surface area contributed by atoms with Crippen LogP contribution in [0.2, 0.25) is 0 Å². The summed E-state index contributed by atoms with van der Waals surface area (Å²) in [6, 6.07) is 19.2. The number of nitrogens with one attached hydrogen (secondary N) is 2. The lowest BCUT2D eigenvalue weighted by molar-refractivity contribution is -0.137. The quantitative estimate of drug-likeness (QED) is 0.575. The molecule has 0 bridgehead atoms. The first kappa shape index (κ1) is 22.5. The van der Waals surface area contributed by atoms with Crippen LogP contribution in [0.1, 0.15) is 11.1 Å². The average molecular weight is 448 g/mol. The van der Waals surface area contributed by atoms with E-state index in [0.29, 0.717) is 0 Å². The molecule has 0 saturated heterocycles. The summed E-state index contributed by atoms with van der Waals surface area (Å²) >= 11 is 0. The zero-order valence-corrected chi connectivity index (χ0v) is 17.0. The normalized spacial score (nSPS) is 11.8. The van der Waals surface area contributed by atoms with Gasteiger partial charge in [0.15, 0.2) is 0 Å². The minimum Gasteiger partial charge on any atom is -0.351 e. The second-order valence-electron chi connectivity index (χ2n) is 6.66. The number of hydrogen-bond acceptors (Lipinski definition) is 3. The molecule has 0 heterocycles. The maximum absolute atomic E-state index is 13.0. The summed E-state index contributed by atoms with van der Waals surface area (Å²) in [6.45, 7) is -0.270. The summed E-state index contributed by atoms with van der Waals surface area (Å²) in [5.74, 6) is -0.538. The third kappa shape index (κ3) is 5.93. The van der Waals surface area contributed by atoms with E-state index in [1.54, 1.807) is 0 Å². The summed E-state index contributed by atoms with van der Waals surface area (Å²) in [4.78, 5) is 11.8. The van der Waals surface area contributed by atoms with Gasteiger partial charge in [-0.2, -0.15) is 13.2 Å². The molecule has 9 heteroatoms. The van der Waals surface area contributed by atoms with E-state index in [-0.39, 0.29) is 22.6 Å². The molecule has 31 heavy (non-hydrogen) atoms. The predicted octanol–water partition coefficient (Wildman–Crippen LogP) is 3.97. The van der Waals surface area contributed by atoms with Crippen LogP contribution in [0, 0.1) is 0 Å². The lowest BCUT2D eigenvalue weighted by Gasteiger charge is -2.13. The Morgan fingerprint density at radius 3 is 2.26 bits per heavy atom. The second-order valence-corrected chi connectivity index (χ2v) is 8.40. The van der Waals surface area contributed by atoms with Crippen LogP contribution in [0.3, 0.4) is 0 Å². The van der Waals surface area contributed by atoms with Gasteiger partial charge >= 0.3 is 6.18 Å². The van der Waals surface area contributed by atoms with Crippen LogP contribution in [-0.4, -0.2) is 20.9 Å². The smallest absolute Gasteiger partial charge is 0.351 e. The monoisotopic (exact) mass is 448 g/mol. The minimum absolute atomic E-state index is 0.101. The number of benzene rings is 3. The molecule has 0 aromatic heterocycles. The molecule has 3 aromatic rings. The van der Waals surface area contributed by atoms with Crippen LogP contribution in [0.4, 0.5) is 13.2 Å². The average Bonchev–Trinajstić information content (AvgIpc) is 2.76. The van der Waals surface area contributed by atoms with Crippen molar-refractivity contribution in [2.75, 3.05) is 6.54 Å². The summed E-state index contributed by atoms with van der Waals surface area (Å²) < 4.78 is 66.9. The Balaban J connectivity index is 1.76. The van der Waals surface area contributed by atoms with Gasteiger partial charge in [0.05, 0.1) is 17.0 Å². The Morgan fingerprint density at radius 2 is 1.55 bits per heavy atom. The highest BCUT2D eigenvalue weighted by molar-refractivity contribution is 7.89. The summed E-state index contributed by atoms with van der Waals surface area (Å²) in [6.07, 6.45) is -4.56. The number of amides is 1. The molecule has 162 valence electrons. The molecular weight excluding hydrogens is 429 g/mol. The SMILES string of the molecule is O=C(CNS(=O)(=O)c1ccccc1-c1cccc(C(F)(F)F)c1)NCc1ccccc1. The third-order valence-electron chi connectivity index (χ3n) is 4.43. The van der Waals surface area contributed by atoms with Crippen LogP contribution in [0.5, 0.6) is 0 Å². The van der Waals surface area contributed by atoms with E-state index in [1.165, 1.54) is 36.4 Å². The van der Waals surface area contributed by atoms with Gasteiger partial charge in [0.1, 0.15) is 0 Å². The highest BCUT2D eigenvalue weighted by Gasteiger charge is 2.31. The van der Waals surface area contributed by atoms with Gasteiger partial charge in [-0.05, 0) is 29.3 Å². The molecule has 1 amide bonds. The molecule has 0 spiro atoms. The van der Waals surface area contributed by atoms with Crippen LogP contribution in [-0.2, 0) is 27.5 Å². The number of carbonyl (C=O) groups is 1. The maximum atomic E-state index is 13.0. The summed E-state index contributed by atoms with van der Waals surface area (Å²) in [5, 5.41) is 2.60. The Labute approximate surface area is 178 Å². The van der Waals surface area contributed by atoms with Crippen LogP contribution in [0.25, 0.3) is 11.1 Å². The fourth-order valence-corrected chi connectivity index (χ4v) is 4.11. The topological polar surface area (TPSA) is 75.3 Å². The van der Waals surface area contributed by atoms with E-state index in [2.05, 4.69) is 10.0 Å². The van der Waals surface area contributed by atoms with Gasteiger partial charge in [0, 0.05) is 12.1 Å². The highest BCUT2D eigenvalue weighted by atomic mass is 32.2. The van der Waals surface area contributed by atoms with Gasteiger partial charge in [0.25, 0.3) is 0 Å². The number of alkyl halides is 3. The lowest BCUT2D eigenvalue weighted by Crippen LogP contribution is -2.36. The largest absolute Gasteiger partial charge is 0.416 e. The van der Waals surface area contributed by atoms with Crippen molar-refractivity contribution in [3.8, 4) is 11.1 Å². The van der Waals surface area contributed by atoms with Crippen molar-refractivity contribution in [3.05, 3.63) is 90.0 Å². The van der Waals surface area contributed by atoms with Gasteiger partial charge in [-0.25, -0.2) is 13.1 Å². The van der Waals surface area contributed by atoms with Gasteiger partial charge < -0.3 is 5.32 Å². The molecule has 2 N–H and O–H groups in total. The molecule has 0 aliphatic rings. The van der Waals surface area contributed by atoms with E-state index in [1.807, 2.05) is 30.3 Å². The van der Waals surface area contributed by atoms with Gasteiger partial charge in [-0.1, -0.05) is 60.7 Å². The standard InChI is InChI=1S/C22H19F3N2O3S/c23-22(24,25)18-10-6-9-17(13-18)19-11-4-5-12-20(19)31(29,30)27-15-21(28)26-14-16-7-2-1-3-8-16/h1-13,27H,14-15H2,(H,26,28). The molecule has 3 aromatic carbocycles. The van der Waals surface area contributed by atoms with Crippen molar-refractivity contribution in [2.45, 2.75) is 17.6 Å². The number of halogens is 3. The van der Waals surface area contributed by atoms with Crippen LogP contribution in [0.15, 0.2) is 83.8 Å². The number of sulfonamides is 1. The molecule has 0 fully saturated rings. The molecule has 0 radical (unpaired) electrons. The van der Waals surface area contributed by atoms with Crippen molar-refractivity contribution in [2.24, 2.45) is 0 Å². The molecule has 0 atom stereocenters. The summed E-state index contributed by atoms with van der Waals surface area (Å²) in [7, 11) is -4.16. The number of rotatable bonds is 7.